The Hall–Kier alpha value is -1.55. The maximum Gasteiger partial charge on any atom is 0.506 e. The number of halogens is 1. The quantitative estimate of drug-likeness (QED) is 0.688. The minimum atomic E-state index is -3.67. The average molecular weight is 434 g/mol. The second-order valence-corrected chi connectivity index (χ2v) is 9.50. The number of sulfonamides is 1. The predicted octanol–water partition coefficient (Wildman–Crippen LogP) is 2.76. The molecule has 0 aromatic heterocycles. The van der Waals surface area contributed by atoms with Crippen LogP contribution in [0.4, 0.5) is 4.79 Å². The largest absolute Gasteiger partial charge is 0.506 e. The van der Waals surface area contributed by atoms with Crippen LogP contribution in [0.2, 0.25) is 5.02 Å². The van der Waals surface area contributed by atoms with Gasteiger partial charge >= 0.3 is 6.16 Å². The lowest BCUT2D eigenvalue weighted by Crippen LogP contribution is -2.51. The zero-order valence-corrected chi connectivity index (χ0v) is 17.0. The molecule has 2 fully saturated rings. The van der Waals surface area contributed by atoms with Crippen LogP contribution in [0.15, 0.2) is 24.3 Å². The Labute approximate surface area is 169 Å². The molecule has 1 aromatic carbocycles. The van der Waals surface area contributed by atoms with E-state index in [1.54, 1.807) is 24.3 Å². The molecular weight excluding hydrogens is 410 g/mol. The van der Waals surface area contributed by atoms with Gasteiger partial charge in [0.2, 0.25) is 10.0 Å². The summed E-state index contributed by atoms with van der Waals surface area (Å²) in [6.07, 6.45) is 0.0193. The summed E-state index contributed by atoms with van der Waals surface area (Å²) in [6.45, 7) is 1.19. The minimum absolute atomic E-state index is 0.0834. The van der Waals surface area contributed by atoms with Crippen LogP contribution in [0.25, 0.3) is 0 Å². The molecule has 8 nitrogen and oxygen atoms in total. The topological polar surface area (TPSA) is 102 Å². The summed E-state index contributed by atoms with van der Waals surface area (Å²) in [5.74, 6) is 0.333. The number of carboxylic acid groups (broad SMARTS) is 1. The Bertz CT molecular complexity index is 770. The fourth-order valence-corrected chi connectivity index (χ4v) is 5.65. The third kappa shape index (κ3) is 5.50. The second kappa shape index (κ2) is 8.86. The van der Waals surface area contributed by atoms with Gasteiger partial charge in [-0.1, -0.05) is 11.6 Å². The Kier molecular flexibility index (Phi) is 6.69. The van der Waals surface area contributed by atoms with E-state index in [4.69, 9.17) is 30.9 Å². The molecule has 28 heavy (non-hydrogen) atoms. The molecule has 1 N–H and O–H groups in total. The molecule has 0 saturated carbocycles. The molecular formula is C18H24ClNO7S. The van der Waals surface area contributed by atoms with Crippen molar-refractivity contribution in [1.29, 1.82) is 0 Å². The second-order valence-electron chi connectivity index (χ2n) is 7.09. The summed E-state index contributed by atoms with van der Waals surface area (Å²) >= 11 is 5.86. The highest BCUT2D eigenvalue weighted by Gasteiger charge is 2.43. The highest BCUT2D eigenvalue weighted by atomic mass is 35.5. The maximum atomic E-state index is 12.9. The van der Waals surface area contributed by atoms with Crippen LogP contribution in [0.5, 0.6) is 5.75 Å². The number of nitrogens with zero attached hydrogens (tertiary/aromatic N) is 1. The smallest absolute Gasteiger partial charge is 0.490 e. The number of rotatable bonds is 6. The van der Waals surface area contributed by atoms with Crippen molar-refractivity contribution in [3.05, 3.63) is 29.3 Å². The van der Waals surface area contributed by atoms with Crippen LogP contribution in [-0.2, 0) is 19.5 Å². The van der Waals surface area contributed by atoms with Gasteiger partial charge in [-0.15, -0.1) is 0 Å². The van der Waals surface area contributed by atoms with Crippen molar-refractivity contribution in [3.8, 4) is 5.75 Å². The Morgan fingerprint density at radius 2 is 1.82 bits per heavy atom. The molecule has 0 aliphatic carbocycles. The molecule has 0 radical (unpaired) electrons. The highest BCUT2D eigenvalue weighted by Crippen LogP contribution is 2.30. The number of benzene rings is 1. The first-order chi connectivity index (χ1) is 13.3. The van der Waals surface area contributed by atoms with Gasteiger partial charge in [0.05, 0.1) is 13.2 Å². The Balaban J connectivity index is 1.58. The zero-order valence-electron chi connectivity index (χ0n) is 15.4. The van der Waals surface area contributed by atoms with E-state index < -0.39 is 21.8 Å². The normalized spacial score (nSPS) is 21.2. The zero-order chi connectivity index (χ0) is 20.2. The van der Waals surface area contributed by atoms with Gasteiger partial charge < -0.3 is 19.3 Å². The van der Waals surface area contributed by atoms with Crippen molar-refractivity contribution in [2.75, 3.05) is 32.1 Å². The van der Waals surface area contributed by atoms with Crippen LogP contribution in [0.3, 0.4) is 0 Å². The molecule has 10 heteroatoms. The lowest BCUT2D eigenvalue weighted by atomic mass is 9.96. The van der Waals surface area contributed by atoms with E-state index >= 15 is 0 Å². The fraction of sp³-hybridized carbons (Fsp3) is 0.611. The van der Waals surface area contributed by atoms with E-state index in [0.29, 0.717) is 36.7 Å². The molecule has 3 rings (SSSR count). The summed E-state index contributed by atoms with van der Waals surface area (Å²) in [7, 11) is -3.67. The molecule has 1 aromatic rings. The van der Waals surface area contributed by atoms with E-state index in [2.05, 4.69) is 0 Å². The summed E-state index contributed by atoms with van der Waals surface area (Å²) in [5, 5.41) is 9.66. The number of ether oxygens (including phenoxy) is 3. The van der Waals surface area contributed by atoms with E-state index in [1.807, 2.05) is 0 Å². The third-order valence-electron chi connectivity index (χ3n) is 5.06. The molecule has 0 atom stereocenters. The SMILES string of the molecule is O=C(O)OC1(CS(=O)(=O)N2CCC(Oc3ccc(Cl)cc3)CC2)CCOCC1. The third-order valence-corrected chi connectivity index (χ3v) is 7.36. The van der Waals surface area contributed by atoms with E-state index in [1.165, 1.54) is 4.31 Å². The average Bonchev–Trinajstić information content (AvgIpc) is 2.63. The van der Waals surface area contributed by atoms with Crippen LogP contribution < -0.4 is 4.74 Å². The van der Waals surface area contributed by atoms with Crippen LogP contribution in [0.1, 0.15) is 25.7 Å². The van der Waals surface area contributed by atoms with Gasteiger partial charge in [0.15, 0.2) is 0 Å². The summed E-state index contributed by atoms with van der Waals surface area (Å²) in [6, 6.07) is 7.05. The summed E-state index contributed by atoms with van der Waals surface area (Å²) in [5.41, 5.74) is -1.25. The summed E-state index contributed by atoms with van der Waals surface area (Å²) < 4.78 is 43.3. The highest BCUT2D eigenvalue weighted by molar-refractivity contribution is 7.89. The van der Waals surface area contributed by atoms with Crippen molar-refractivity contribution in [1.82, 2.24) is 4.31 Å². The summed E-state index contributed by atoms with van der Waals surface area (Å²) in [4.78, 5) is 11.1. The van der Waals surface area contributed by atoms with Gasteiger partial charge in [0.25, 0.3) is 0 Å². The van der Waals surface area contributed by atoms with Crippen LogP contribution >= 0.6 is 11.6 Å². The van der Waals surface area contributed by atoms with Gasteiger partial charge in [0, 0.05) is 31.0 Å². The van der Waals surface area contributed by atoms with Gasteiger partial charge in [-0.2, -0.15) is 0 Å². The van der Waals surface area contributed by atoms with Crippen LogP contribution in [-0.4, -0.2) is 67.7 Å². The van der Waals surface area contributed by atoms with Crippen LogP contribution in [0, 0.1) is 0 Å². The first-order valence-corrected chi connectivity index (χ1v) is 11.2. The molecule has 2 heterocycles. The van der Waals surface area contributed by atoms with E-state index in [0.717, 1.165) is 0 Å². The lowest BCUT2D eigenvalue weighted by Gasteiger charge is -2.38. The molecule has 2 aliphatic rings. The first-order valence-electron chi connectivity index (χ1n) is 9.18. The Morgan fingerprint density at radius 1 is 1.21 bits per heavy atom. The van der Waals surface area contributed by atoms with Crippen molar-refractivity contribution in [3.63, 3.8) is 0 Å². The maximum absolute atomic E-state index is 12.9. The first kappa shape index (κ1) is 21.2. The monoisotopic (exact) mass is 433 g/mol. The molecule has 0 spiro atoms. The number of hydrogen-bond acceptors (Lipinski definition) is 6. The van der Waals surface area contributed by atoms with Gasteiger partial charge in [0.1, 0.15) is 23.2 Å². The van der Waals surface area contributed by atoms with Crippen molar-refractivity contribution < 1.29 is 32.5 Å². The predicted molar refractivity (Wildman–Crippen MR) is 102 cm³/mol. The fourth-order valence-electron chi connectivity index (χ4n) is 3.56. The number of hydrogen-bond donors (Lipinski definition) is 1. The van der Waals surface area contributed by atoms with Crippen molar-refractivity contribution >= 4 is 27.8 Å². The molecule has 156 valence electrons. The number of carbonyl (C=O) groups is 1. The molecule has 0 unspecified atom stereocenters. The van der Waals surface area contributed by atoms with Gasteiger partial charge in [-0.05, 0) is 37.1 Å². The molecule has 0 amide bonds. The van der Waals surface area contributed by atoms with E-state index in [9.17, 15) is 13.2 Å². The minimum Gasteiger partial charge on any atom is -0.490 e. The van der Waals surface area contributed by atoms with Crippen molar-refractivity contribution in [2.24, 2.45) is 0 Å². The standard InChI is InChI=1S/C18H24ClNO7S/c19-14-1-3-15(4-2-14)26-16-5-9-20(10-6-16)28(23,24)13-18(27-17(21)22)7-11-25-12-8-18/h1-4,16H,5-13H2,(H,21,22). The Morgan fingerprint density at radius 3 is 2.39 bits per heavy atom. The van der Waals surface area contributed by atoms with E-state index in [-0.39, 0.29) is 37.9 Å². The number of piperidine rings is 1. The molecule has 0 bridgehead atoms. The lowest BCUT2D eigenvalue weighted by molar-refractivity contribution is -0.0726. The molecule has 2 saturated heterocycles. The van der Waals surface area contributed by atoms with Gasteiger partial charge in [-0.3, -0.25) is 0 Å². The molecule has 2 aliphatic heterocycles. The van der Waals surface area contributed by atoms with Crippen molar-refractivity contribution in [2.45, 2.75) is 37.4 Å². The van der Waals surface area contributed by atoms with Gasteiger partial charge in [-0.25, -0.2) is 17.5 Å².